The van der Waals surface area contributed by atoms with E-state index in [9.17, 15) is 13.2 Å². The Kier molecular flexibility index (Phi) is 9.13. The fraction of sp³-hybridized carbons (Fsp3) is 0.500. The molecule has 0 bridgehead atoms. The van der Waals surface area contributed by atoms with E-state index in [0.717, 1.165) is 0 Å². The van der Waals surface area contributed by atoms with Gasteiger partial charge in [0.15, 0.2) is 6.67 Å². The summed E-state index contributed by atoms with van der Waals surface area (Å²) in [5.41, 5.74) is 2.48. The monoisotopic (exact) mass is 196 g/mol. The molecule has 1 nitrogen and oxygen atoms in total. The minimum absolute atomic E-state index is 1.24. The standard InChI is InChI=1S/C2H2Cl2.C2H3F3O/c3-1-2-4;3-1-2(4,5)6/h1-2H;6H,1H2/b2-1+;. The minimum atomic E-state index is -4.12. The maximum Gasteiger partial charge on any atom is 0.381 e. The van der Waals surface area contributed by atoms with Crippen LogP contribution in [0.2, 0.25) is 0 Å². The summed E-state index contributed by atoms with van der Waals surface area (Å²) in [7, 11) is 0. The molecule has 0 atom stereocenters. The van der Waals surface area contributed by atoms with Crippen LogP contribution in [0.4, 0.5) is 13.2 Å². The number of alkyl halides is 3. The van der Waals surface area contributed by atoms with E-state index in [2.05, 4.69) is 0 Å². The molecule has 62 valence electrons. The molecule has 0 amide bonds. The highest BCUT2D eigenvalue weighted by Gasteiger charge is 2.22. The molecular formula is C4H5Cl2F3O. The zero-order chi connectivity index (χ0) is 8.62. The summed E-state index contributed by atoms with van der Waals surface area (Å²) < 4.78 is 31.8. The fourth-order valence-corrected chi connectivity index (χ4v) is 0. The highest BCUT2D eigenvalue weighted by Crippen LogP contribution is 2.06. The van der Waals surface area contributed by atoms with E-state index in [0.29, 0.717) is 0 Å². The van der Waals surface area contributed by atoms with E-state index in [1.807, 2.05) is 0 Å². The van der Waals surface area contributed by atoms with Crippen LogP contribution in [0.3, 0.4) is 0 Å². The lowest BCUT2D eigenvalue weighted by atomic mass is 10.7. The second kappa shape index (κ2) is 7.18. The van der Waals surface area contributed by atoms with Crippen LogP contribution < -0.4 is 0 Å². The first kappa shape index (κ1) is 12.7. The third-order valence-corrected chi connectivity index (χ3v) is 0.589. The van der Waals surface area contributed by atoms with Gasteiger partial charge in [-0.05, 0) is 0 Å². The molecule has 0 radical (unpaired) electrons. The molecule has 0 unspecified atom stereocenters. The van der Waals surface area contributed by atoms with E-state index in [-0.39, 0.29) is 0 Å². The molecule has 1 N–H and O–H groups in total. The average molecular weight is 197 g/mol. The Hall–Kier alpha value is 0.0700. The van der Waals surface area contributed by atoms with Crippen LogP contribution >= 0.6 is 23.2 Å². The molecule has 0 rings (SSSR count). The van der Waals surface area contributed by atoms with Gasteiger partial charge < -0.3 is 5.11 Å². The predicted molar refractivity (Wildman–Crippen MR) is 34.0 cm³/mol. The molecule has 0 aromatic rings. The summed E-state index contributed by atoms with van der Waals surface area (Å²) in [6, 6.07) is 0. The zero-order valence-corrected chi connectivity index (χ0v) is 6.21. The van der Waals surface area contributed by atoms with Crippen LogP contribution in [0.25, 0.3) is 0 Å². The van der Waals surface area contributed by atoms with Gasteiger partial charge in [-0.2, -0.15) is 8.78 Å². The largest absolute Gasteiger partial charge is 0.381 e. The lowest BCUT2D eigenvalue weighted by Crippen LogP contribution is -2.15. The number of hydrogen-bond donors (Lipinski definition) is 1. The number of halogens is 5. The van der Waals surface area contributed by atoms with Gasteiger partial charge in [-0.15, -0.1) is 0 Å². The molecule has 0 saturated carbocycles. The van der Waals surface area contributed by atoms with Crippen LogP contribution in [0.5, 0.6) is 0 Å². The molecule has 0 spiro atoms. The first-order chi connectivity index (χ1) is 4.47. The van der Waals surface area contributed by atoms with E-state index in [1.54, 1.807) is 0 Å². The van der Waals surface area contributed by atoms with Gasteiger partial charge in [-0.25, -0.2) is 4.39 Å². The van der Waals surface area contributed by atoms with Gasteiger partial charge in [0.1, 0.15) is 0 Å². The Morgan fingerprint density at radius 2 is 1.50 bits per heavy atom. The molecule has 10 heavy (non-hydrogen) atoms. The van der Waals surface area contributed by atoms with E-state index < -0.39 is 12.8 Å². The van der Waals surface area contributed by atoms with E-state index >= 15 is 0 Å². The normalized spacial score (nSPS) is 11.0. The van der Waals surface area contributed by atoms with Crippen molar-refractivity contribution in [2.45, 2.75) is 6.11 Å². The molecule has 0 fully saturated rings. The number of aliphatic hydroxyl groups is 1. The van der Waals surface area contributed by atoms with Crippen molar-refractivity contribution in [1.29, 1.82) is 0 Å². The van der Waals surface area contributed by atoms with Crippen LogP contribution in [0.15, 0.2) is 11.1 Å². The fourth-order valence-electron chi connectivity index (χ4n) is 0. The molecule has 0 aliphatic heterocycles. The quantitative estimate of drug-likeness (QED) is 0.684. The van der Waals surface area contributed by atoms with Crippen molar-refractivity contribution < 1.29 is 18.3 Å². The summed E-state index contributed by atoms with van der Waals surface area (Å²) in [4.78, 5) is 0. The maximum atomic E-state index is 10.6. The van der Waals surface area contributed by atoms with Gasteiger partial charge in [0.2, 0.25) is 0 Å². The highest BCUT2D eigenvalue weighted by molar-refractivity contribution is 6.33. The van der Waals surface area contributed by atoms with Gasteiger partial charge in [0.05, 0.1) is 0 Å². The van der Waals surface area contributed by atoms with Crippen LogP contribution in [-0.2, 0) is 0 Å². The number of hydrogen-bond acceptors (Lipinski definition) is 1. The van der Waals surface area contributed by atoms with E-state index in [4.69, 9.17) is 28.3 Å². The molecule has 0 aromatic carbocycles. The third kappa shape index (κ3) is 24.4. The Labute approximate surface area is 66.0 Å². The molecule has 0 aromatic heterocycles. The van der Waals surface area contributed by atoms with Crippen molar-refractivity contribution >= 4 is 23.2 Å². The van der Waals surface area contributed by atoms with Crippen LogP contribution in [0.1, 0.15) is 0 Å². The zero-order valence-electron chi connectivity index (χ0n) is 4.70. The SMILES string of the molecule is Cl/C=C/Cl.OC(F)(F)CF. The predicted octanol–water partition coefficient (Wildman–Crippen LogP) is 2.48. The first-order valence-corrected chi connectivity index (χ1v) is 2.87. The molecule has 0 heterocycles. The second-order valence-electron chi connectivity index (χ2n) is 1.05. The van der Waals surface area contributed by atoms with Crippen molar-refractivity contribution in [2.24, 2.45) is 0 Å². The Morgan fingerprint density at radius 1 is 1.30 bits per heavy atom. The Morgan fingerprint density at radius 3 is 1.50 bits per heavy atom. The smallest absolute Gasteiger partial charge is 0.334 e. The number of rotatable bonds is 1. The Bertz CT molecular complexity index is 87.0. The summed E-state index contributed by atoms with van der Waals surface area (Å²) in [5.74, 6) is 0. The van der Waals surface area contributed by atoms with Gasteiger partial charge in [0.25, 0.3) is 0 Å². The van der Waals surface area contributed by atoms with Gasteiger partial charge in [-0.3, -0.25) is 0 Å². The van der Waals surface area contributed by atoms with Crippen LogP contribution in [-0.4, -0.2) is 17.9 Å². The van der Waals surface area contributed by atoms with Crippen LogP contribution in [0, 0.1) is 0 Å². The minimum Gasteiger partial charge on any atom is -0.334 e. The van der Waals surface area contributed by atoms with Gasteiger partial charge in [-0.1, -0.05) is 23.2 Å². The third-order valence-electron chi connectivity index (χ3n) is 0.208. The first-order valence-electron chi connectivity index (χ1n) is 1.99. The average Bonchev–Trinajstić information content (AvgIpc) is 1.87. The molecule has 0 aliphatic rings. The lowest BCUT2D eigenvalue weighted by Gasteiger charge is -1.97. The van der Waals surface area contributed by atoms with Crippen molar-refractivity contribution in [3.8, 4) is 0 Å². The topological polar surface area (TPSA) is 20.2 Å². The van der Waals surface area contributed by atoms with Gasteiger partial charge >= 0.3 is 6.11 Å². The summed E-state index contributed by atoms with van der Waals surface area (Å²) in [6.45, 7) is -2.01. The van der Waals surface area contributed by atoms with Crippen molar-refractivity contribution in [3.05, 3.63) is 11.1 Å². The molecule has 6 heteroatoms. The van der Waals surface area contributed by atoms with Crippen molar-refractivity contribution in [2.75, 3.05) is 6.67 Å². The second-order valence-corrected chi connectivity index (χ2v) is 1.56. The molecule has 0 aliphatic carbocycles. The molecule has 0 saturated heterocycles. The van der Waals surface area contributed by atoms with E-state index in [1.165, 1.54) is 11.1 Å². The van der Waals surface area contributed by atoms with Crippen molar-refractivity contribution in [3.63, 3.8) is 0 Å². The lowest BCUT2D eigenvalue weighted by molar-refractivity contribution is -0.208. The maximum absolute atomic E-state index is 10.6. The summed E-state index contributed by atoms with van der Waals surface area (Å²) >= 11 is 9.75. The summed E-state index contributed by atoms with van der Waals surface area (Å²) in [5, 5.41) is 7.12. The molecular weight excluding hydrogens is 192 g/mol. The summed E-state index contributed by atoms with van der Waals surface area (Å²) in [6.07, 6.45) is -4.12. The Balaban J connectivity index is 0. The van der Waals surface area contributed by atoms with Gasteiger partial charge in [0, 0.05) is 11.1 Å². The van der Waals surface area contributed by atoms with Crippen molar-refractivity contribution in [1.82, 2.24) is 0 Å². The highest BCUT2D eigenvalue weighted by atomic mass is 35.5.